The summed E-state index contributed by atoms with van der Waals surface area (Å²) in [6.07, 6.45) is 0. The Hall–Kier alpha value is -1.60. The van der Waals surface area contributed by atoms with Gasteiger partial charge in [-0.3, -0.25) is 0 Å². The van der Waals surface area contributed by atoms with Gasteiger partial charge in [0.1, 0.15) is 0 Å². The van der Waals surface area contributed by atoms with Gasteiger partial charge >= 0.3 is 0 Å². The lowest BCUT2D eigenvalue weighted by atomic mass is 9.93. The summed E-state index contributed by atoms with van der Waals surface area (Å²) < 4.78 is 0. The van der Waals surface area contributed by atoms with Crippen molar-refractivity contribution in [3.05, 3.63) is 70.3 Å². The predicted molar refractivity (Wildman–Crippen MR) is 82.6 cm³/mol. The topological polar surface area (TPSA) is 12.0 Å². The van der Waals surface area contributed by atoms with E-state index in [0.29, 0.717) is 0 Å². The minimum absolute atomic E-state index is 0.283. The van der Waals surface area contributed by atoms with Gasteiger partial charge in [0, 0.05) is 0 Å². The summed E-state index contributed by atoms with van der Waals surface area (Å²) in [7, 11) is 0. The molecule has 1 N–H and O–H groups in total. The van der Waals surface area contributed by atoms with Crippen molar-refractivity contribution in [1.29, 1.82) is 0 Å². The Kier molecular flexibility index (Phi) is 4.39. The van der Waals surface area contributed by atoms with Crippen molar-refractivity contribution in [2.24, 2.45) is 0 Å². The van der Waals surface area contributed by atoms with E-state index in [4.69, 9.17) is 0 Å². The van der Waals surface area contributed by atoms with Gasteiger partial charge in [-0.25, -0.2) is 0 Å². The smallest absolute Gasteiger partial charge is 0.0579 e. The molecule has 0 fully saturated rings. The molecule has 1 unspecified atom stereocenters. The van der Waals surface area contributed by atoms with Crippen LogP contribution in [0.5, 0.6) is 0 Å². The van der Waals surface area contributed by atoms with E-state index in [9.17, 15) is 0 Å². The molecule has 0 bridgehead atoms. The fraction of sp³-hybridized carbons (Fsp3) is 0.333. The van der Waals surface area contributed by atoms with Crippen LogP contribution in [0.25, 0.3) is 0 Å². The highest BCUT2D eigenvalue weighted by atomic mass is 14.9. The van der Waals surface area contributed by atoms with Gasteiger partial charge in [0.25, 0.3) is 0 Å². The molecule has 0 aliphatic rings. The lowest BCUT2D eigenvalue weighted by molar-refractivity contribution is 0.627. The molecular weight excluding hydrogens is 230 g/mol. The zero-order valence-electron chi connectivity index (χ0n) is 12.3. The van der Waals surface area contributed by atoms with Crippen molar-refractivity contribution in [1.82, 2.24) is 5.32 Å². The average molecular weight is 253 g/mol. The first kappa shape index (κ1) is 13.8. The van der Waals surface area contributed by atoms with E-state index in [2.05, 4.69) is 75.5 Å². The summed E-state index contributed by atoms with van der Waals surface area (Å²) in [6.45, 7) is 9.59. The molecule has 0 aliphatic heterocycles. The van der Waals surface area contributed by atoms with E-state index in [1.807, 2.05) is 0 Å². The summed E-state index contributed by atoms with van der Waals surface area (Å²) in [6, 6.07) is 15.8. The molecule has 0 amide bonds. The third-order valence-corrected chi connectivity index (χ3v) is 3.56. The molecule has 1 heteroatoms. The van der Waals surface area contributed by atoms with E-state index >= 15 is 0 Å². The molecule has 1 atom stereocenters. The zero-order chi connectivity index (χ0) is 13.8. The lowest BCUT2D eigenvalue weighted by Gasteiger charge is -2.21. The van der Waals surface area contributed by atoms with Crippen LogP contribution in [0.2, 0.25) is 0 Å². The van der Waals surface area contributed by atoms with Crippen molar-refractivity contribution in [2.75, 3.05) is 6.54 Å². The van der Waals surface area contributed by atoms with Crippen LogP contribution in [0.1, 0.15) is 40.8 Å². The number of rotatable bonds is 4. The van der Waals surface area contributed by atoms with E-state index in [0.717, 1.165) is 6.54 Å². The first-order valence-electron chi connectivity index (χ1n) is 6.99. The summed E-state index contributed by atoms with van der Waals surface area (Å²) >= 11 is 0. The van der Waals surface area contributed by atoms with E-state index in [1.54, 1.807) is 0 Å². The molecule has 2 aromatic carbocycles. The van der Waals surface area contributed by atoms with Crippen molar-refractivity contribution >= 4 is 0 Å². The minimum Gasteiger partial charge on any atom is -0.307 e. The molecule has 1 nitrogen and oxygen atoms in total. The molecule has 100 valence electrons. The van der Waals surface area contributed by atoms with Crippen molar-refractivity contribution < 1.29 is 0 Å². The van der Waals surface area contributed by atoms with Gasteiger partial charge in [-0.15, -0.1) is 0 Å². The van der Waals surface area contributed by atoms with Crippen LogP contribution in [0.15, 0.2) is 42.5 Å². The third kappa shape index (κ3) is 3.24. The van der Waals surface area contributed by atoms with Gasteiger partial charge in [0.15, 0.2) is 0 Å². The number of benzene rings is 2. The van der Waals surface area contributed by atoms with Crippen LogP contribution in [0.4, 0.5) is 0 Å². The summed E-state index contributed by atoms with van der Waals surface area (Å²) in [4.78, 5) is 0. The molecule has 0 aliphatic carbocycles. The van der Waals surface area contributed by atoms with Gasteiger partial charge in [0.05, 0.1) is 6.04 Å². The Labute approximate surface area is 116 Å². The normalized spacial score (nSPS) is 12.4. The molecule has 19 heavy (non-hydrogen) atoms. The maximum absolute atomic E-state index is 3.60. The Bertz CT molecular complexity index is 540. The standard InChI is InChI=1S/C18H23N/c1-5-19-18(16-10-7-13(2)8-11-16)17-12-14(3)6-9-15(17)4/h6-12,18-19H,5H2,1-4H3. The number of hydrogen-bond acceptors (Lipinski definition) is 1. The first-order valence-corrected chi connectivity index (χ1v) is 6.99. The average Bonchev–Trinajstić information content (AvgIpc) is 2.40. The van der Waals surface area contributed by atoms with Gasteiger partial charge in [0.2, 0.25) is 0 Å². The second-order valence-corrected chi connectivity index (χ2v) is 5.26. The molecule has 0 radical (unpaired) electrons. The monoisotopic (exact) mass is 253 g/mol. The maximum Gasteiger partial charge on any atom is 0.0579 e. The number of aryl methyl sites for hydroxylation is 3. The molecule has 0 saturated carbocycles. The Morgan fingerprint density at radius 2 is 1.53 bits per heavy atom. The van der Waals surface area contributed by atoms with Gasteiger partial charge in [-0.1, -0.05) is 60.5 Å². The largest absolute Gasteiger partial charge is 0.307 e. The van der Waals surface area contributed by atoms with Crippen LogP contribution in [-0.2, 0) is 0 Å². The van der Waals surface area contributed by atoms with Crippen molar-refractivity contribution in [3.8, 4) is 0 Å². The Balaban J connectivity index is 2.44. The molecule has 2 aromatic rings. The third-order valence-electron chi connectivity index (χ3n) is 3.56. The van der Waals surface area contributed by atoms with Crippen LogP contribution in [0, 0.1) is 20.8 Å². The molecule has 0 spiro atoms. The summed E-state index contributed by atoms with van der Waals surface area (Å²) in [5.74, 6) is 0. The van der Waals surface area contributed by atoms with Crippen LogP contribution in [0.3, 0.4) is 0 Å². The second kappa shape index (κ2) is 6.03. The molecule has 0 aromatic heterocycles. The summed E-state index contributed by atoms with van der Waals surface area (Å²) in [5, 5.41) is 3.60. The highest BCUT2D eigenvalue weighted by Crippen LogP contribution is 2.26. The SMILES string of the molecule is CCNC(c1ccc(C)cc1)c1cc(C)ccc1C. The van der Waals surface area contributed by atoms with Gasteiger partial charge in [-0.2, -0.15) is 0 Å². The number of hydrogen-bond donors (Lipinski definition) is 1. The Morgan fingerprint density at radius 1 is 0.895 bits per heavy atom. The fourth-order valence-corrected chi connectivity index (χ4v) is 2.44. The zero-order valence-corrected chi connectivity index (χ0v) is 12.3. The lowest BCUT2D eigenvalue weighted by Crippen LogP contribution is -2.22. The predicted octanol–water partition coefficient (Wildman–Crippen LogP) is 4.31. The minimum atomic E-state index is 0.283. The summed E-state index contributed by atoms with van der Waals surface area (Å²) in [5.41, 5.74) is 6.68. The van der Waals surface area contributed by atoms with Crippen LogP contribution < -0.4 is 5.32 Å². The van der Waals surface area contributed by atoms with Gasteiger partial charge in [-0.05, 0) is 44.0 Å². The van der Waals surface area contributed by atoms with Crippen molar-refractivity contribution in [2.45, 2.75) is 33.7 Å². The Morgan fingerprint density at radius 3 is 2.16 bits per heavy atom. The van der Waals surface area contributed by atoms with E-state index in [1.165, 1.54) is 27.8 Å². The number of nitrogens with one attached hydrogen (secondary N) is 1. The second-order valence-electron chi connectivity index (χ2n) is 5.26. The molecule has 0 saturated heterocycles. The quantitative estimate of drug-likeness (QED) is 0.856. The van der Waals surface area contributed by atoms with Crippen LogP contribution >= 0.6 is 0 Å². The highest BCUT2D eigenvalue weighted by molar-refractivity contribution is 5.39. The molecule has 0 heterocycles. The highest BCUT2D eigenvalue weighted by Gasteiger charge is 2.14. The molecule has 2 rings (SSSR count). The maximum atomic E-state index is 3.60. The van der Waals surface area contributed by atoms with E-state index in [-0.39, 0.29) is 6.04 Å². The molecular formula is C18H23N. The first-order chi connectivity index (χ1) is 9.11. The van der Waals surface area contributed by atoms with E-state index < -0.39 is 0 Å². The van der Waals surface area contributed by atoms with Crippen molar-refractivity contribution in [3.63, 3.8) is 0 Å². The van der Waals surface area contributed by atoms with Gasteiger partial charge < -0.3 is 5.32 Å². The fourth-order valence-electron chi connectivity index (χ4n) is 2.44. The van der Waals surface area contributed by atoms with Crippen LogP contribution in [-0.4, -0.2) is 6.54 Å².